The molecule has 0 saturated carbocycles. The number of nitrogens with one attached hydrogen (secondary N) is 2. The van der Waals surface area contributed by atoms with E-state index in [0.29, 0.717) is 11.7 Å². The van der Waals surface area contributed by atoms with Crippen molar-refractivity contribution in [2.24, 2.45) is 0 Å². The summed E-state index contributed by atoms with van der Waals surface area (Å²) in [6.45, 7) is 2.69. The molecular weight excluding hydrogens is 271 g/mol. The maximum absolute atomic E-state index is 13.0. The second kappa shape index (κ2) is 7.01. The Hall–Kier alpha value is -1.94. The van der Waals surface area contributed by atoms with Gasteiger partial charge in [0.05, 0.1) is 0 Å². The highest BCUT2D eigenvalue weighted by atomic mass is 32.1. The number of halogens is 1. The van der Waals surface area contributed by atoms with E-state index in [2.05, 4.69) is 10.6 Å². The Balaban J connectivity index is 1.80. The fourth-order valence-electron chi connectivity index (χ4n) is 1.89. The van der Waals surface area contributed by atoms with Gasteiger partial charge in [0, 0.05) is 12.2 Å². The van der Waals surface area contributed by atoms with Gasteiger partial charge in [-0.25, -0.2) is 4.39 Å². The highest BCUT2D eigenvalue weighted by Crippen LogP contribution is 2.12. The Labute approximate surface area is 124 Å². The van der Waals surface area contributed by atoms with E-state index >= 15 is 0 Å². The lowest BCUT2D eigenvalue weighted by Crippen LogP contribution is -2.30. The summed E-state index contributed by atoms with van der Waals surface area (Å²) in [4.78, 5) is 0. The van der Waals surface area contributed by atoms with Crippen molar-refractivity contribution >= 4 is 23.0 Å². The van der Waals surface area contributed by atoms with Gasteiger partial charge >= 0.3 is 0 Å². The van der Waals surface area contributed by atoms with E-state index in [0.717, 1.165) is 23.2 Å². The molecule has 0 aliphatic rings. The highest BCUT2D eigenvalue weighted by Gasteiger charge is 2.00. The minimum absolute atomic E-state index is 0.205. The smallest absolute Gasteiger partial charge is 0.170 e. The average Bonchev–Trinajstić information content (AvgIpc) is 2.41. The molecular formula is C16H17FN2S. The van der Waals surface area contributed by atoms with Crippen LogP contribution in [0.4, 0.5) is 10.1 Å². The molecule has 2 rings (SSSR count). The number of aryl methyl sites for hydroxylation is 1. The van der Waals surface area contributed by atoms with Crippen LogP contribution in [-0.4, -0.2) is 11.7 Å². The van der Waals surface area contributed by atoms with Gasteiger partial charge in [0.15, 0.2) is 5.11 Å². The van der Waals surface area contributed by atoms with E-state index in [4.69, 9.17) is 12.2 Å². The van der Waals surface area contributed by atoms with Gasteiger partial charge in [-0.1, -0.05) is 30.3 Å². The maximum atomic E-state index is 13.0. The standard InChI is InChI=1S/C16H17FN2S/c1-12-5-2-3-8-15(12)19-16(20)18-10-9-13-6-4-7-14(17)11-13/h2-8,11H,9-10H2,1H3,(H2,18,19,20). The summed E-state index contributed by atoms with van der Waals surface area (Å²) < 4.78 is 13.0. The lowest BCUT2D eigenvalue weighted by molar-refractivity contribution is 0.625. The molecule has 20 heavy (non-hydrogen) atoms. The zero-order chi connectivity index (χ0) is 14.4. The second-order valence-electron chi connectivity index (χ2n) is 4.58. The van der Waals surface area contributed by atoms with Crippen LogP contribution in [-0.2, 0) is 6.42 Å². The van der Waals surface area contributed by atoms with Gasteiger partial charge in [-0.05, 0) is 54.9 Å². The van der Waals surface area contributed by atoms with Gasteiger partial charge < -0.3 is 10.6 Å². The fourth-order valence-corrected chi connectivity index (χ4v) is 2.10. The first kappa shape index (κ1) is 14.5. The van der Waals surface area contributed by atoms with Crippen molar-refractivity contribution in [1.29, 1.82) is 0 Å². The first-order valence-corrected chi connectivity index (χ1v) is 6.91. The molecule has 0 saturated heterocycles. The lowest BCUT2D eigenvalue weighted by atomic mass is 10.1. The van der Waals surface area contributed by atoms with Crippen molar-refractivity contribution < 1.29 is 4.39 Å². The van der Waals surface area contributed by atoms with Crippen molar-refractivity contribution in [3.8, 4) is 0 Å². The van der Waals surface area contributed by atoms with E-state index in [1.807, 2.05) is 37.3 Å². The zero-order valence-corrected chi connectivity index (χ0v) is 12.1. The van der Waals surface area contributed by atoms with Crippen LogP contribution in [0.1, 0.15) is 11.1 Å². The van der Waals surface area contributed by atoms with Crippen molar-refractivity contribution in [3.05, 3.63) is 65.5 Å². The molecule has 0 fully saturated rings. The minimum Gasteiger partial charge on any atom is -0.362 e. The van der Waals surface area contributed by atoms with E-state index in [1.165, 1.54) is 6.07 Å². The van der Waals surface area contributed by atoms with Crippen LogP contribution in [0.2, 0.25) is 0 Å². The molecule has 4 heteroatoms. The van der Waals surface area contributed by atoms with Gasteiger partial charge in [0.2, 0.25) is 0 Å². The molecule has 0 amide bonds. The summed E-state index contributed by atoms with van der Waals surface area (Å²) in [7, 11) is 0. The number of hydrogen-bond acceptors (Lipinski definition) is 1. The molecule has 104 valence electrons. The van der Waals surface area contributed by atoms with Crippen molar-refractivity contribution in [3.63, 3.8) is 0 Å². The Morgan fingerprint density at radius 3 is 2.70 bits per heavy atom. The number of hydrogen-bond donors (Lipinski definition) is 2. The molecule has 0 heterocycles. The normalized spacial score (nSPS) is 10.1. The third kappa shape index (κ3) is 4.31. The Morgan fingerprint density at radius 1 is 1.15 bits per heavy atom. The van der Waals surface area contributed by atoms with Gasteiger partial charge in [-0.15, -0.1) is 0 Å². The summed E-state index contributed by atoms with van der Waals surface area (Å²) in [5.41, 5.74) is 3.09. The predicted octanol–water partition coefficient (Wildman–Crippen LogP) is 3.66. The van der Waals surface area contributed by atoms with Crippen LogP contribution in [0.5, 0.6) is 0 Å². The number of thiocarbonyl (C=S) groups is 1. The van der Waals surface area contributed by atoms with Crippen molar-refractivity contribution in [2.75, 3.05) is 11.9 Å². The third-order valence-corrected chi connectivity index (χ3v) is 3.23. The van der Waals surface area contributed by atoms with Crippen LogP contribution in [0.15, 0.2) is 48.5 Å². The number of rotatable bonds is 4. The molecule has 2 aromatic carbocycles. The number of anilines is 1. The van der Waals surface area contributed by atoms with Gasteiger partial charge in [0.1, 0.15) is 5.82 Å². The third-order valence-electron chi connectivity index (χ3n) is 2.98. The minimum atomic E-state index is -0.205. The summed E-state index contributed by atoms with van der Waals surface area (Å²) in [5, 5.41) is 6.86. The SMILES string of the molecule is Cc1ccccc1NC(=S)NCCc1cccc(F)c1. The van der Waals surface area contributed by atoms with E-state index in [1.54, 1.807) is 12.1 Å². The molecule has 2 nitrogen and oxygen atoms in total. The molecule has 0 aliphatic heterocycles. The average molecular weight is 288 g/mol. The van der Waals surface area contributed by atoms with Crippen LogP contribution >= 0.6 is 12.2 Å². The Bertz CT molecular complexity index is 599. The van der Waals surface area contributed by atoms with Crippen LogP contribution < -0.4 is 10.6 Å². The van der Waals surface area contributed by atoms with Crippen molar-refractivity contribution in [1.82, 2.24) is 5.32 Å². The summed E-state index contributed by atoms with van der Waals surface area (Å²) in [6.07, 6.45) is 0.730. The monoisotopic (exact) mass is 288 g/mol. The topological polar surface area (TPSA) is 24.1 Å². The molecule has 0 aliphatic carbocycles. The van der Waals surface area contributed by atoms with Crippen LogP contribution in [0.25, 0.3) is 0 Å². The maximum Gasteiger partial charge on any atom is 0.170 e. The quantitative estimate of drug-likeness (QED) is 0.840. The number of benzene rings is 2. The first-order chi connectivity index (χ1) is 9.65. The van der Waals surface area contributed by atoms with Gasteiger partial charge in [-0.2, -0.15) is 0 Å². The molecule has 0 radical (unpaired) electrons. The summed E-state index contributed by atoms with van der Waals surface area (Å²) in [6, 6.07) is 14.6. The van der Waals surface area contributed by atoms with Gasteiger partial charge in [0.25, 0.3) is 0 Å². The number of para-hydroxylation sites is 1. The summed E-state index contributed by atoms with van der Waals surface area (Å²) in [5.74, 6) is -0.205. The summed E-state index contributed by atoms with van der Waals surface area (Å²) >= 11 is 5.24. The molecule has 0 atom stereocenters. The predicted molar refractivity (Wildman–Crippen MR) is 85.5 cm³/mol. The fraction of sp³-hybridized carbons (Fsp3) is 0.188. The van der Waals surface area contributed by atoms with E-state index in [-0.39, 0.29) is 5.82 Å². The van der Waals surface area contributed by atoms with E-state index < -0.39 is 0 Å². The molecule has 2 N–H and O–H groups in total. The first-order valence-electron chi connectivity index (χ1n) is 6.50. The van der Waals surface area contributed by atoms with Gasteiger partial charge in [-0.3, -0.25) is 0 Å². The zero-order valence-electron chi connectivity index (χ0n) is 11.3. The molecule has 0 unspecified atom stereocenters. The Kier molecular flexibility index (Phi) is 5.07. The van der Waals surface area contributed by atoms with Crippen molar-refractivity contribution in [2.45, 2.75) is 13.3 Å². The Morgan fingerprint density at radius 2 is 1.95 bits per heavy atom. The largest absolute Gasteiger partial charge is 0.362 e. The van der Waals surface area contributed by atoms with Crippen LogP contribution in [0, 0.1) is 12.7 Å². The molecule has 0 aromatic heterocycles. The highest BCUT2D eigenvalue weighted by molar-refractivity contribution is 7.80. The molecule has 0 bridgehead atoms. The second-order valence-corrected chi connectivity index (χ2v) is 4.98. The molecule has 2 aromatic rings. The van der Waals surface area contributed by atoms with E-state index in [9.17, 15) is 4.39 Å². The van der Waals surface area contributed by atoms with Crippen LogP contribution in [0.3, 0.4) is 0 Å². The lowest BCUT2D eigenvalue weighted by Gasteiger charge is -2.12. The molecule has 0 spiro atoms.